The normalized spacial score (nSPS) is 33.0. The van der Waals surface area contributed by atoms with Crippen molar-refractivity contribution in [2.45, 2.75) is 25.3 Å². The molecular formula is C11H21N3S. The molecule has 4 N–H and O–H groups in total. The number of nitrogens with two attached hydrogens (primary N) is 1. The van der Waals surface area contributed by atoms with E-state index in [4.69, 9.17) is 5.73 Å². The van der Waals surface area contributed by atoms with Gasteiger partial charge in [-0.1, -0.05) is 0 Å². The number of hydrogen-bond acceptors (Lipinski definition) is 4. The monoisotopic (exact) mass is 227 g/mol. The number of rotatable bonds is 4. The van der Waals surface area contributed by atoms with Crippen LogP contribution >= 0.6 is 12.6 Å². The van der Waals surface area contributed by atoms with Crippen molar-refractivity contribution >= 4 is 12.6 Å². The summed E-state index contributed by atoms with van der Waals surface area (Å²) in [6, 6.07) is 0.632. The second-order valence-electron chi connectivity index (χ2n) is 4.64. The lowest BCUT2D eigenvalue weighted by Gasteiger charge is -2.22. The Morgan fingerprint density at radius 3 is 2.87 bits per heavy atom. The minimum atomic E-state index is 0.583. The minimum absolute atomic E-state index is 0.583. The van der Waals surface area contributed by atoms with Gasteiger partial charge in [0.15, 0.2) is 0 Å². The minimum Gasteiger partial charge on any atom is -0.404 e. The van der Waals surface area contributed by atoms with Gasteiger partial charge in [-0.15, -0.1) is 12.6 Å². The van der Waals surface area contributed by atoms with E-state index >= 15 is 0 Å². The molecule has 1 aliphatic carbocycles. The highest BCUT2D eigenvalue weighted by molar-refractivity contribution is 7.84. The van der Waals surface area contributed by atoms with Gasteiger partial charge < -0.3 is 16.4 Å². The Balaban J connectivity index is 1.63. The van der Waals surface area contributed by atoms with Gasteiger partial charge in [-0.2, -0.15) is 0 Å². The van der Waals surface area contributed by atoms with E-state index < -0.39 is 0 Å². The third-order valence-electron chi connectivity index (χ3n) is 3.47. The highest BCUT2D eigenvalue weighted by atomic mass is 32.1. The topological polar surface area (TPSA) is 50.1 Å². The molecule has 0 spiro atoms. The molecule has 0 amide bonds. The first kappa shape index (κ1) is 11.3. The van der Waals surface area contributed by atoms with Crippen LogP contribution in [0.3, 0.4) is 0 Å². The van der Waals surface area contributed by atoms with Gasteiger partial charge in [0, 0.05) is 23.1 Å². The molecule has 1 saturated carbocycles. The van der Waals surface area contributed by atoms with E-state index in [0.717, 1.165) is 17.4 Å². The highest BCUT2D eigenvalue weighted by Gasteiger charge is 2.38. The Kier molecular flexibility index (Phi) is 3.94. The lowest BCUT2D eigenvalue weighted by molar-refractivity contribution is 0.354. The third-order valence-corrected chi connectivity index (χ3v) is 3.95. The van der Waals surface area contributed by atoms with Gasteiger partial charge in [-0.05, 0) is 44.8 Å². The van der Waals surface area contributed by atoms with Gasteiger partial charge in [0.2, 0.25) is 0 Å². The summed E-state index contributed by atoms with van der Waals surface area (Å²) in [7, 11) is 0. The molecular weight excluding hydrogens is 206 g/mol. The van der Waals surface area contributed by atoms with Crippen molar-refractivity contribution in [1.29, 1.82) is 0 Å². The van der Waals surface area contributed by atoms with E-state index in [0.29, 0.717) is 12.0 Å². The standard InChI is InChI=1S/C11H21N3S/c12-6-11(15)9-5-10(9)14-7-8-1-3-13-4-2-8/h6,8-10,13-15H,1-5,7,12H2/b11-6-/t9-,10-/m1/s1. The Labute approximate surface area is 97.3 Å². The second kappa shape index (κ2) is 5.23. The van der Waals surface area contributed by atoms with E-state index in [1.54, 1.807) is 6.20 Å². The molecule has 0 aromatic heterocycles. The molecule has 3 nitrogen and oxygen atoms in total. The van der Waals surface area contributed by atoms with Crippen molar-refractivity contribution in [2.75, 3.05) is 19.6 Å². The van der Waals surface area contributed by atoms with Crippen LogP contribution in [-0.4, -0.2) is 25.7 Å². The van der Waals surface area contributed by atoms with Crippen LogP contribution < -0.4 is 16.4 Å². The largest absolute Gasteiger partial charge is 0.404 e. The van der Waals surface area contributed by atoms with Crippen LogP contribution in [0.2, 0.25) is 0 Å². The fourth-order valence-corrected chi connectivity index (χ4v) is 2.56. The van der Waals surface area contributed by atoms with Crippen molar-refractivity contribution in [1.82, 2.24) is 10.6 Å². The Morgan fingerprint density at radius 1 is 1.47 bits per heavy atom. The Morgan fingerprint density at radius 2 is 2.20 bits per heavy atom. The van der Waals surface area contributed by atoms with E-state index in [2.05, 4.69) is 23.3 Å². The number of thiol groups is 1. The van der Waals surface area contributed by atoms with Gasteiger partial charge >= 0.3 is 0 Å². The maximum atomic E-state index is 5.44. The molecule has 15 heavy (non-hydrogen) atoms. The van der Waals surface area contributed by atoms with Crippen molar-refractivity contribution in [2.24, 2.45) is 17.6 Å². The molecule has 1 heterocycles. The van der Waals surface area contributed by atoms with E-state index in [1.807, 2.05) is 0 Å². The maximum Gasteiger partial charge on any atom is 0.0149 e. The van der Waals surface area contributed by atoms with Gasteiger partial charge in [0.05, 0.1) is 0 Å². The molecule has 1 aliphatic heterocycles. The van der Waals surface area contributed by atoms with Gasteiger partial charge in [-0.25, -0.2) is 0 Å². The Hall–Kier alpha value is -0.190. The van der Waals surface area contributed by atoms with E-state index in [1.165, 1.54) is 32.4 Å². The molecule has 0 bridgehead atoms. The first-order chi connectivity index (χ1) is 7.31. The van der Waals surface area contributed by atoms with Crippen LogP contribution in [-0.2, 0) is 0 Å². The molecule has 2 atom stereocenters. The average Bonchev–Trinajstić information content (AvgIpc) is 3.06. The first-order valence-corrected chi connectivity index (χ1v) is 6.31. The van der Waals surface area contributed by atoms with Crippen LogP contribution in [0.1, 0.15) is 19.3 Å². The summed E-state index contributed by atoms with van der Waals surface area (Å²) in [5, 5.41) is 7.01. The fraction of sp³-hybridized carbons (Fsp3) is 0.818. The highest BCUT2D eigenvalue weighted by Crippen LogP contribution is 2.38. The first-order valence-electron chi connectivity index (χ1n) is 5.86. The quantitative estimate of drug-likeness (QED) is 0.535. The molecule has 2 fully saturated rings. The van der Waals surface area contributed by atoms with Crippen LogP contribution in [0.25, 0.3) is 0 Å². The summed E-state index contributed by atoms with van der Waals surface area (Å²) in [4.78, 5) is 1.04. The summed E-state index contributed by atoms with van der Waals surface area (Å²) in [6.45, 7) is 3.52. The smallest absolute Gasteiger partial charge is 0.0149 e. The molecule has 0 aromatic rings. The van der Waals surface area contributed by atoms with Crippen LogP contribution in [0.5, 0.6) is 0 Å². The maximum absolute atomic E-state index is 5.44. The van der Waals surface area contributed by atoms with Crippen molar-refractivity contribution in [3.8, 4) is 0 Å². The van der Waals surface area contributed by atoms with Crippen molar-refractivity contribution in [3.63, 3.8) is 0 Å². The van der Waals surface area contributed by atoms with Gasteiger partial charge in [0.1, 0.15) is 0 Å². The van der Waals surface area contributed by atoms with Crippen LogP contribution in [0.15, 0.2) is 11.1 Å². The molecule has 0 radical (unpaired) electrons. The average molecular weight is 227 g/mol. The van der Waals surface area contributed by atoms with Crippen LogP contribution in [0.4, 0.5) is 0 Å². The molecule has 86 valence electrons. The SMILES string of the molecule is N/C=C(\S)[C@@H]1C[C@H]1NCC1CCNCC1. The summed E-state index contributed by atoms with van der Waals surface area (Å²) >= 11 is 4.35. The molecule has 4 heteroatoms. The molecule has 0 unspecified atom stereocenters. The number of piperidine rings is 1. The predicted octanol–water partition coefficient (Wildman–Crippen LogP) is 0.694. The van der Waals surface area contributed by atoms with Gasteiger partial charge in [-0.3, -0.25) is 0 Å². The summed E-state index contributed by atoms with van der Waals surface area (Å²) in [5.41, 5.74) is 5.44. The van der Waals surface area contributed by atoms with Gasteiger partial charge in [0.25, 0.3) is 0 Å². The Bertz CT molecular complexity index is 236. The zero-order valence-electron chi connectivity index (χ0n) is 9.08. The summed E-state index contributed by atoms with van der Waals surface area (Å²) in [6.07, 6.45) is 5.45. The van der Waals surface area contributed by atoms with Crippen LogP contribution in [0, 0.1) is 11.8 Å². The predicted molar refractivity (Wildman–Crippen MR) is 66.7 cm³/mol. The fourth-order valence-electron chi connectivity index (χ4n) is 2.27. The van der Waals surface area contributed by atoms with E-state index in [-0.39, 0.29) is 0 Å². The number of nitrogens with one attached hydrogen (secondary N) is 2. The summed E-state index contributed by atoms with van der Waals surface area (Å²) < 4.78 is 0. The lowest BCUT2D eigenvalue weighted by Crippen LogP contribution is -2.34. The van der Waals surface area contributed by atoms with Crippen molar-refractivity contribution < 1.29 is 0 Å². The zero-order chi connectivity index (χ0) is 10.7. The van der Waals surface area contributed by atoms with E-state index in [9.17, 15) is 0 Å². The second-order valence-corrected chi connectivity index (χ2v) is 5.16. The zero-order valence-corrected chi connectivity index (χ0v) is 9.97. The lowest BCUT2D eigenvalue weighted by atomic mass is 9.98. The molecule has 1 saturated heterocycles. The summed E-state index contributed by atoms with van der Waals surface area (Å²) in [5.74, 6) is 1.44. The molecule has 2 aliphatic rings. The number of hydrogen-bond donors (Lipinski definition) is 4. The van der Waals surface area contributed by atoms with Crippen molar-refractivity contribution in [3.05, 3.63) is 11.1 Å². The molecule has 2 rings (SSSR count). The third kappa shape index (κ3) is 3.13. The molecule has 0 aromatic carbocycles.